The quantitative estimate of drug-likeness (QED) is 0.907. The maximum absolute atomic E-state index is 12.3. The highest BCUT2D eigenvalue weighted by Gasteiger charge is 2.22. The van der Waals surface area contributed by atoms with Gasteiger partial charge in [-0.3, -0.25) is 0 Å². The van der Waals surface area contributed by atoms with Crippen LogP contribution in [0.15, 0.2) is 47.5 Å². The topological polar surface area (TPSA) is 85.1 Å². The number of halogens is 1. The summed E-state index contributed by atoms with van der Waals surface area (Å²) >= 11 is 6.05. The fraction of sp³-hybridized carbons (Fsp3) is 0.154. The molecule has 0 aliphatic carbocycles. The van der Waals surface area contributed by atoms with Gasteiger partial charge in [-0.2, -0.15) is 0 Å². The third-order valence-electron chi connectivity index (χ3n) is 2.79. The number of anilines is 1. The molecule has 1 aromatic heterocycles. The minimum absolute atomic E-state index is 0.0358. The molecule has 1 unspecified atom stereocenters. The van der Waals surface area contributed by atoms with E-state index < -0.39 is 16.1 Å². The number of nitrogens with two attached hydrogens (primary N) is 1. The molecular weight excluding hydrogens is 298 g/mol. The first-order valence-electron chi connectivity index (χ1n) is 5.89. The fourth-order valence-electron chi connectivity index (χ4n) is 1.82. The van der Waals surface area contributed by atoms with Crippen molar-refractivity contribution < 1.29 is 8.42 Å². The zero-order valence-corrected chi connectivity index (χ0v) is 12.3. The molecule has 0 amide bonds. The lowest BCUT2D eigenvalue weighted by molar-refractivity contribution is 0.567. The summed E-state index contributed by atoms with van der Waals surface area (Å²) in [6, 6.07) is 9.50. The number of sulfonamides is 1. The number of hydrogen-bond donors (Lipinski definition) is 2. The molecule has 1 heterocycles. The summed E-state index contributed by atoms with van der Waals surface area (Å²) in [4.78, 5) is 3.73. The van der Waals surface area contributed by atoms with Crippen molar-refractivity contribution in [3.8, 4) is 0 Å². The summed E-state index contributed by atoms with van der Waals surface area (Å²) in [5, 5.41) is 0.502. The van der Waals surface area contributed by atoms with Crippen LogP contribution in [0.5, 0.6) is 0 Å². The molecule has 1 atom stereocenters. The molecule has 0 saturated heterocycles. The molecule has 5 nitrogen and oxygen atoms in total. The Hall–Kier alpha value is -1.63. The van der Waals surface area contributed by atoms with Crippen LogP contribution in [0, 0.1) is 0 Å². The predicted molar refractivity (Wildman–Crippen MR) is 78.8 cm³/mol. The first-order valence-corrected chi connectivity index (χ1v) is 7.75. The molecule has 0 fully saturated rings. The standard InChI is InChI=1S/C13H14ClN3O2S/c1-9(10-5-2-3-6-11(10)14)17-20(18,19)12-7-4-8-16-13(12)15/h2-9,17H,1H3,(H2,15,16). The zero-order chi connectivity index (χ0) is 14.8. The zero-order valence-electron chi connectivity index (χ0n) is 10.7. The number of rotatable bonds is 4. The first-order chi connectivity index (χ1) is 9.42. The second-order valence-electron chi connectivity index (χ2n) is 4.25. The SMILES string of the molecule is CC(NS(=O)(=O)c1cccnc1N)c1ccccc1Cl. The van der Waals surface area contributed by atoms with Gasteiger partial charge in [-0.1, -0.05) is 29.8 Å². The van der Waals surface area contributed by atoms with Crippen LogP contribution in [0.2, 0.25) is 5.02 Å². The van der Waals surface area contributed by atoms with Gasteiger partial charge in [0.2, 0.25) is 10.0 Å². The summed E-state index contributed by atoms with van der Waals surface area (Å²) in [6.45, 7) is 1.71. The molecule has 7 heteroatoms. The highest BCUT2D eigenvalue weighted by atomic mass is 35.5. The van der Waals surface area contributed by atoms with Gasteiger partial charge < -0.3 is 5.73 Å². The van der Waals surface area contributed by atoms with Crippen molar-refractivity contribution in [2.24, 2.45) is 0 Å². The van der Waals surface area contributed by atoms with Crippen LogP contribution >= 0.6 is 11.6 Å². The van der Waals surface area contributed by atoms with Crippen LogP contribution in [-0.2, 0) is 10.0 Å². The fourth-order valence-corrected chi connectivity index (χ4v) is 3.42. The Kier molecular flexibility index (Phi) is 4.27. The number of aromatic nitrogens is 1. The van der Waals surface area contributed by atoms with E-state index in [1.807, 2.05) is 0 Å². The summed E-state index contributed by atoms with van der Waals surface area (Å²) in [5.74, 6) is -0.0358. The van der Waals surface area contributed by atoms with Crippen molar-refractivity contribution in [3.05, 3.63) is 53.2 Å². The van der Waals surface area contributed by atoms with Crippen LogP contribution in [0.25, 0.3) is 0 Å². The van der Waals surface area contributed by atoms with E-state index in [0.717, 1.165) is 0 Å². The highest BCUT2D eigenvalue weighted by molar-refractivity contribution is 7.89. The summed E-state index contributed by atoms with van der Waals surface area (Å²) in [7, 11) is -3.75. The Morgan fingerprint density at radius 3 is 2.60 bits per heavy atom. The van der Waals surface area contributed by atoms with E-state index in [0.29, 0.717) is 10.6 Å². The average Bonchev–Trinajstić information content (AvgIpc) is 2.38. The summed E-state index contributed by atoms with van der Waals surface area (Å²) < 4.78 is 27.1. The smallest absolute Gasteiger partial charge is 0.244 e. The lowest BCUT2D eigenvalue weighted by atomic mass is 10.1. The molecule has 0 saturated carbocycles. The number of nitrogen functional groups attached to an aromatic ring is 1. The van der Waals surface area contributed by atoms with Crippen molar-refractivity contribution in [3.63, 3.8) is 0 Å². The van der Waals surface area contributed by atoms with Gasteiger partial charge in [-0.05, 0) is 30.7 Å². The maximum atomic E-state index is 12.3. The Morgan fingerprint density at radius 2 is 1.95 bits per heavy atom. The maximum Gasteiger partial charge on any atom is 0.244 e. The van der Waals surface area contributed by atoms with Crippen molar-refractivity contribution in [1.82, 2.24) is 9.71 Å². The molecule has 3 N–H and O–H groups in total. The van der Waals surface area contributed by atoms with E-state index in [-0.39, 0.29) is 10.7 Å². The minimum atomic E-state index is -3.75. The minimum Gasteiger partial charge on any atom is -0.383 e. The van der Waals surface area contributed by atoms with Crippen LogP contribution < -0.4 is 10.5 Å². The Bertz CT molecular complexity index is 719. The molecule has 20 heavy (non-hydrogen) atoms. The number of nitrogens with zero attached hydrogens (tertiary/aromatic N) is 1. The van der Waals surface area contributed by atoms with E-state index in [1.165, 1.54) is 18.3 Å². The summed E-state index contributed by atoms with van der Waals surface area (Å²) in [5.41, 5.74) is 6.29. The van der Waals surface area contributed by atoms with Crippen molar-refractivity contribution >= 4 is 27.4 Å². The van der Waals surface area contributed by atoms with Gasteiger partial charge in [0.05, 0.1) is 0 Å². The molecule has 0 spiro atoms. The highest BCUT2D eigenvalue weighted by Crippen LogP contribution is 2.24. The lowest BCUT2D eigenvalue weighted by Crippen LogP contribution is -2.28. The lowest BCUT2D eigenvalue weighted by Gasteiger charge is -2.16. The van der Waals surface area contributed by atoms with Gasteiger partial charge in [0, 0.05) is 17.3 Å². The molecule has 2 rings (SSSR count). The van der Waals surface area contributed by atoms with E-state index >= 15 is 0 Å². The normalized spacial score (nSPS) is 13.1. The van der Waals surface area contributed by atoms with Crippen molar-refractivity contribution in [2.45, 2.75) is 17.9 Å². The molecule has 0 aliphatic rings. The first kappa shape index (κ1) is 14.8. The number of benzene rings is 1. The number of hydrogen-bond acceptors (Lipinski definition) is 4. The largest absolute Gasteiger partial charge is 0.383 e. The van der Waals surface area contributed by atoms with Gasteiger partial charge in [0.1, 0.15) is 10.7 Å². The molecule has 1 aromatic carbocycles. The van der Waals surface area contributed by atoms with Crippen molar-refractivity contribution in [1.29, 1.82) is 0 Å². The molecule has 106 valence electrons. The van der Waals surface area contributed by atoms with Crippen LogP contribution in [0.3, 0.4) is 0 Å². The second kappa shape index (κ2) is 5.78. The molecule has 0 bridgehead atoms. The predicted octanol–water partition coefficient (Wildman–Crippen LogP) is 2.36. The van der Waals surface area contributed by atoms with Crippen LogP contribution in [0.4, 0.5) is 5.82 Å². The van der Waals surface area contributed by atoms with Crippen molar-refractivity contribution in [2.75, 3.05) is 5.73 Å². The molecule has 0 aliphatic heterocycles. The van der Waals surface area contributed by atoms with Gasteiger partial charge in [0.25, 0.3) is 0 Å². The van der Waals surface area contributed by atoms with Gasteiger partial charge in [-0.15, -0.1) is 0 Å². The van der Waals surface area contributed by atoms with E-state index in [1.54, 1.807) is 31.2 Å². The Labute approximate surface area is 122 Å². The van der Waals surface area contributed by atoms with E-state index in [4.69, 9.17) is 17.3 Å². The molecule has 2 aromatic rings. The molecular formula is C13H14ClN3O2S. The van der Waals surface area contributed by atoms with E-state index in [9.17, 15) is 8.42 Å². The third kappa shape index (κ3) is 3.09. The van der Waals surface area contributed by atoms with Crippen LogP contribution in [0.1, 0.15) is 18.5 Å². The Morgan fingerprint density at radius 1 is 1.25 bits per heavy atom. The third-order valence-corrected chi connectivity index (χ3v) is 4.73. The second-order valence-corrected chi connectivity index (χ2v) is 6.34. The van der Waals surface area contributed by atoms with E-state index in [2.05, 4.69) is 9.71 Å². The van der Waals surface area contributed by atoms with Crippen LogP contribution in [-0.4, -0.2) is 13.4 Å². The average molecular weight is 312 g/mol. The number of nitrogens with one attached hydrogen (secondary N) is 1. The monoisotopic (exact) mass is 311 g/mol. The Balaban J connectivity index is 2.30. The van der Waals surface area contributed by atoms with Gasteiger partial charge >= 0.3 is 0 Å². The molecule has 0 radical (unpaired) electrons. The van der Waals surface area contributed by atoms with Gasteiger partial charge in [0.15, 0.2) is 0 Å². The number of pyridine rings is 1. The van der Waals surface area contributed by atoms with Gasteiger partial charge in [-0.25, -0.2) is 18.1 Å². The summed E-state index contributed by atoms with van der Waals surface area (Å²) in [6.07, 6.45) is 1.44.